The molecule has 3 fully saturated rings. The number of rotatable bonds is 7. The highest BCUT2D eigenvalue weighted by Gasteiger charge is 2.57. The minimum absolute atomic E-state index is 0.361. The summed E-state index contributed by atoms with van der Waals surface area (Å²) in [5.74, 6) is 1.76. The molecule has 0 bridgehead atoms. The van der Waals surface area contributed by atoms with Crippen molar-refractivity contribution >= 4 is 5.82 Å². The van der Waals surface area contributed by atoms with Gasteiger partial charge in [0.15, 0.2) is 0 Å². The number of nitrogens with zero attached hydrogens (tertiary/aromatic N) is 4. The van der Waals surface area contributed by atoms with Gasteiger partial charge in [-0.2, -0.15) is 18.3 Å². The van der Waals surface area contributed by atoms with E-state index in [4.69, 9.17) is 15.6 Å². The Morgan fingerprint density at radius 2 is 1.93 bits per heavy atom. The number of halogens is 3. The van der Waals surface area contributed by atoms with Gasteiger partial charge >= 0.3 is 6.18 Å². The summed E-state index contributed by atoms with van der Waals surface area (Å²) in [7, 11) is 1.72. The second kappa shape index (κ2) is 7.23. The molecule has 0 radical (unpaired) electrons. The smallest absolute Gasteiger partial charge is 0.383 e. The minimum Gasteiger partial charge on any atom is -0.383 e. The SMILES string of the molecule is COCCN1C[C@@H]2[C@H](C1)[C@@H]2c1cc(-c2cnc(N)c(C(F)(F)F)c2)nn1CC1CC1. The summed E-state index contributed by atoms with van der Waals surface area (Å²) in [5, 5.41) is 4.71. The van der Waals surface area contributed by atoms with Gasteiger partial charge in [-0.25, -0.2) is 4.98 Å². The average molecular weight is 421 g/mol. The number of hydrogen-bond donors (Lipinski definition) is 1. The number of pyridine rings is 1. The van der Waals surface area contributed by atoms with Crippen LogP contribution in [0.3, 0.4) is 0 Å². The van der Waals surface area contributed by atoms with Crippen molar-refractivity contribution in [3.8, 4) is 11.3 Å². The molecule has 5 rings (SSSR count). The summed E-state index contributed by atoms with van der Waals surface area (Å²) in [6.45, 7) is 4.61. The van der Waals surface area contributed by atoms with Gasteiger partial charge in [0.25, 0.3) is 0 Å². The Labute approximate surface area is 173 Å². The van der Waals surface area contributed by atoms with Gasteiger partial charge in [-0.15, -0.1) is 0 Å². The summed E-state index contributed by atoms with van der Waals surface area (Å²) >= 11 is 0. The first kappa shape index (κ1) is 19.8. The molecule has 0 spiro atoms. The van der Waals surface area contributed by atoms with Crippen LogP contribution in [-0.2, 0) is 17.5 Å². The topological polar surface area (TPSA) is 69.2 Å². The summed E-state index contributed by atoms with van der Waals surface area (Å²) in [6, 6.07) is 3.04. The van der Waals surface area contributed by atoms with E-state index >= 15 is 0 Å². The molecule has 1 aliphatic heterocycles. The third-order valence-corrected chi connectivity index (χ3v) is 6.68. The van der Waals surface area contributed by atoms with E-state index in [1.54, 1.807) is 7.11 Å². The molecule has 2 aromatic rings. The molecule has 0 amide bonds. The lowest BCUT2D eigenvalue weighted by molar-refractivity contribution is -0.137. The number of likely N-dealkylation sites (tertiary alicyclic amines) is 1. The van der Waals surface area contributed by atoms with Gasteiger partial charge in [-0.1, -0.05) is 0 Å². The molecule has 3 aliphatic rings. The summed E-state index contributed by atoms with van der Waals surface area (Å²) in [5.41, 5.74) is 6.62. The fraction of sp³-hybridized carbons (Fsp3) is 0.619. The fourth-order valence-electron chi connectivity index (χ4n) is 4.83. The second-order valence-corrected chi connectivity index (χ2v) is 8.84. The molecule has 3 atom stereocenters. The standard InChI is InChI=1S/C21H26F3N5O/c1-30-5-4-28-10-14-15(11-28)19(14)18-7-17(27-29(18)9-12-2-3-12)13-6-16(21(22,23)24)20(25)26-8-13/h6-8,12,14-15,19H,2-5,9-11H2,1H3,(H2,25,26)/t14-,15+,19-. The van der Waals surface area contributed by atoms with Crippen LogP contribution < -0.4 is 5.73 Å². The number of alkyl halides is 3. The number of nitrogen functional groups attached to an aromatic ring is 1. The lowest BCUT2D eigenvalue weighted by atomic mass is 10.1. The summed E-state index contributed by atoms with van der Waals surface area (Å²) < 4.78 is 47.0. The van der Waals surface area contributed by atoms with Crippen LogP contribution in [0.4, 0.5) is 19.0 Å². The van der Waals surface area contributed by atoms with E-state index in [0.29, 0.717) is 34.9 Å². The molecule has 0 unspecified atom stereocenters. The number of ether oxygens (including phenoxy) is 1. The minimum atomic E-state index is -4.54. The van der Waals surface area contributed by atoms with Gasteiger partial charge in [0, 0.05) is 56.7 Å². The molecular weight excluding hydrogens is 395 g/mol. The molecule has 2 aromatic heterocycles. The van der Waals surface area contributed by atoms with Crippen molar-refractivity contribution in [1.82, 2.24) is 19.7 Å². The van der Waals surface area contributed by atoms with Gasteiger partial charge in [0.1, 0.15) is 5.82 Å². The Balaban J connectivity index is 1.41. The first-order valence-corrected chi connectivity index (χ1v) is 10.5. The monoisotopic (exact) mass is 421 g/mol. The van der Waals surface area contributed by atoms with Gasteiger partial charge in [0.2, 0.25) is 0 Å². The van der Waals surface area contributed by atoms with Crippen LogP contribution in [0.25, 0.3) is 11.3 Å². The Kier molecular flexibility index (Phi) is 4.77. The lowest BCUT2D eigenvalue weighted by Crippen LogP contribution is -2.28. The van der Waals surface area contributed by atoms with E-state index in [0.717, 1.165) is 44.5 Å². The Bertz CT molecular complexity index is 927. The number of aromatic nitrogens is 3. The van der Waals surface area contributed by atoms with Crippen molar-refractivity contribution in [3.63, 3.8) is 0 Å². The quantitative estimate of drug-likeness (QED) is 0.743. The molecule has 2 aliphatic carbocycles. The third-order valence-electron chi connectivity index (χ3n) is 6.68. The maximum atomic E-state index is 13.3. The number of methoxy groups -OCH3 is 1. The number of anilines is 1. The average Bonchev–Trinajstić information content (AvgIpc) is 3.54. The molecule has 1 saturated heterocycles. The van der Waals surface area contributed by atoms with Gasteiger partial charge < -0.3 is 15.4 Å². The van der Waals surface area contributed by atoms with Crippen LogP contribution >= 0.6 is 0 Å². The first-order valence-electron chi connectivity index (χ1n) is 10.5. The Morgan fingerprint density at radius 1 is 1.20 bits per heavy atom. The highest BCUT2D eigenvalue weighted by Crippen LogP contribution is 2.58. The Morgan fingerprint density at radius 3 is 2.57 bits per heavy atom. The molecule has 9 heteroatoms. The maximum Gasteiger partial charge on any atom is 0.419 e. The number of fused-ring (bicyclic) bond motifs is 1. The zero-order valence-electron chi connectivity index (χ0n) is 16.9. The van der Waals surface area contributed by atoms with Crippen LogP contribution in [0, 0.1) is 17.8 Å². The molecule has 2 N–H and O–H groups in total. The number of hydrogen-bond acceptors (Lipinski definition) is 5. The van der Waals surface area contributed by atoms with E-state index < -0.39 is 17.6 Å². The normalized spacial score (nSPS) is 26.2. The van der Waals surface area contributed by atoms with Crippen molar-refractivity contribution in [2.45, 2.75) is 31.5 Å². The third kappa shape index (κ3) is 3.69. The molecule has 2 saturated carbocycles. The fourth-order valence-corrected chi connectivity index (χ4v) is 4.83. The summed E-state index contributed by atoms with van der Waals surface area (Å²) in [4.78, 5) is 6.21. The van der Waals surface area contributed by atoms with Crippen LogP contribution in [0.1, 0.15) is 30.0 Å². The summed E-state index contributed by atoms with van der Waals surface area (Å²) in [6.07, 6.45) is -0.763. The van der Waals surface area contributed by atoms with E-state index in [1.807, 2.05) is 10.7 Å². The first-order chi connectivity index (χ1) is 14.3. The zero-order valence-corrected chi connectivity index (χ0v) is 16.9. The molecule has 6 nitrogen and oxygen atoms in total. The van der Waals surface area contributed by atoms with Crippen molar-refractivity contribution in [2.24, 2.45) is 17.8 Å². The predicted octanol–water partition coefficient (Wildman–Crippen LogP) is 3.25. The van der Waals surface area contributed by atoms with Gasteiger partial charge in [-0.3, -0.25) is 4.68 Å². The van der Waals surface area contributed by atoms with E-state index in [-0.39, 0.29) is 0 Å². The molecule has 3 heterocycles. The van der Waals surface area contributed by atoms with Crippen molar-refractivity contribution in [3.05, 3.63) is 29.6 Å². The van der Waals surface area contributed by atoms with E-state index in [2.05, 4.69) is 9.88 Å². The largest absolute Gasteiger partial charge is 0.419 e. The maximum absolute atomic E-state index is 13.3. The second-order valence-electron chi connectivity index (χ2n) is 8.84. The van der Waals surface area contributed by atoms with Crippen LogP contribution in [0.5, 0.6) is 0 Å². The predicted molar refractivity (Wildman–Crippen MR) is 106 cm³/mol. The van der Waals surface area contributed by atoms with Crippen LogP contribution in [0.15, 0.2) is 18.3 Å². The zero-order chi connectivity index (χ0) is 21.0. The van der Waals surface area contributed by atoms with E-state index in [1.165, 1.54) is 19.0 Å². The molecule has 162 valence electrons. The Hall–Kier alpha value is -2.13. The lowest BCUT2D eigenvalue weighted by Gasteiger charge is -2.19. The molecule has 0 aromatic carbocycles. The van der Waals surface area contributed by atoms with E-state index in [9.17, 15) is 13.2 Å². The molecule has 30 heavy (non-hydrogen) atoms. The van der Waals surface area contributed by atoms with Crippen LogP contribution in [-0.4, -0.2) is 53.0 Å². The van der Waals surface area contributed by atoms with Crippen LogP contribution in [0.2, 0.25) is 0 Å². The van der Waals surface area contributed by atoms with Gasteiger partial charge in [0.05, 0.1) is 17.9 Å². The van der Waals surface area contributed by atoms with Crippen molar-refractivity contribution < 1.29 is 17.9 Å². The number of piperidine rings is 1. The van der Waals surface area contributed by atoms with Gasteiger partial charge in [-0.05, 0) is 42.7 Å². The highest BCUT2D eigenvalue weighted by molar-refractivity contribution is 5.63. The molecular formula is C21H26F3N5O. The number of nitrogens with two attached hydrogens (primary N) is 1. The van der Waals surface area contributed by atoms with Crippen molar-refractivity contribution in [1.29, 1.82) is 0 Å². The highest BCUT2D eigenvalue weighted by atomic mass is 19.4. The van der Waals surface area contributed by atoms with Crippen molar-refractivity contribution in [2.75, 3.05) is 39.1 Å².